The zero-order valence-corrected chi connectivity index (χ0v) is 16.0. The molecule has 25 heavy (non-hydrogen) atoms. The third kappa shape index (κ3) is 4.52. The number of likely N-dealkylation sites (N-methyl/N-ethyl adjacent to an activating group) is 1. The Morgan fingerprint density at radius 1 is 1.24 bits per heavy atom. The van der Waals surface area contributed by atoms with Crippen molar-refractivity contribution in [3.8, 4) is 10.6 Å². The molecule has 128 valence electrons. The molecule has 0 saturated carbocycles. The Hall–Kier alpha value is -2.05. The molecule has 0 N–H and O–H groups in total. The number of benzene rings is 2. The molecule has 1 amide bonds. The van der Waals surface area contributed by atoms with E-state index >= 15 is 0 Å². The summed E-state index contributed by atoms with van der Waals surface area (Å²) in [6.45, 7) is 0.244. The van der Waals surface area contributed by atoms with Crippen molar-refractivity contribution in [3.63, 3.8) is 0 Å². The van der Waals surface area contributed by atoms with Crippen LogP contribution in [0.5, 0.6) is 0 Å². The minimum Gasteiger partial charge on any atom is -0.341 e. The van der Waals surface area contributed by atoms with E-state index in [1.54, 1.807) is 25.2 Å². The van der Waals surface area contributed by atoms with Gasteiger partial charge in [0.15, 0.2) is 0 Å². The van der Waals surface area contributed by atoms with Crippen molar-refractivity contribution >= 4 is 33.2 Å². The van der Waals surface area contributed by atoms with Gasteiger partial charge < -0.3 is 4.90 Å². The first-order valence-corrected chi connectivity index (χ1v) is 9.38. The van der Waals surface area contributed by atoms with E-state index in [4.69, 9.17) is 0 Å². The summed E-state index contributed by atoms with van der Waals surface area (Å²) in [6.07, 6.45) is 0.204. The van der Waals surface area contributed by atoms with Crippen LogP contribution >= 0.6 is 27.3 Å². The van der Waals surface area contributed by atoms with Gasteiger partial charge in [-0.2, -0.15) is 0 Å². The lowest BCUT2D eigenvalue weighted by Crippen LogP contribution is -2.28. The van der Waals surface area contributed by atoms with E-state index in [-0.39, 0.29) is 24.7 Å². The lowest BCUT2D eigenvalue weighted by atomic mass is 10.2. The van der Waals surface area contributed by atoms with Crippen molar-refractivity contribution in [2.45, 2.75) is 13.0 Å². The van der Waals surface area contributed by atoms with Gasteiger partial charge in [0.1, 0.15) is 10.8 Å². The van der Waals surface area contributed by atoms with Crippen LogP contribution in [0, 0.1) is 5.82 Å². The molecule has 0 aliphatic carbocycles. The maximum Gasteiger partial charge on any atom is 0.228 e. The van der Waals surface area contributed by atoms with Gasteiger partial charge in [0.05, 0.1) is 12.1 Å². The largest absolute Gasteiger partial charge is 0.341 e. The van der Waals surface area contributed by atoms with Crippen LogP contribution < -0.4 is 0 Å². The molecule has 1 heterocycles. The number of carbonyl (C=O) groups excluding carboxylic acids is 1. The van der Waals surface area contributed by atoms with Crippen LogP contribution in [-0.4, -0.2) is 22.8 Å². The average Bonchev–Trinajstić information content (AvgIpc) is 3.05. The van der Waals surface area contributed by atoms with Gasteiger partial charge in [-0.25, -0.2) is 9.37 Å². The quantitative estimate of drug-likeness (QED) is 0.589. The van der Waals surface area contributed by atoms with Gasteiger partial charge in [-0.3, -0.25) is 4.79 Å². The zero-order chi connectivity index (χ0) is 17.8. The standard InChI is InChI=1S/C19H16BrFN2OS/c1-23(11-14-5-2-3-8-17(14)21)18(24)10-16-12-25-19(22-16)13-6-4-7-15(20)9-13/h2-9,12H,10-11H2,1H3. The molecule has 0 unspecified atom stereocenters. The van der Waals surface area contributed by atoms with E-state index < -0.39 is 0 Å². The van der Waals surface area contributed by atoms with Gasteiger partial charge in [0, 0.05) is 34.6 Å². The fraction of sp³-hybridized carbons (Fsp3) is 0.158. The van der Waals surface area contributed by atoms with Crippen molar-refractivity contribution in [1.82, 2.24) is 9.88 Å². The molecule has 0 aliphatic rings. The maximum atomic E-state index is 13.7. The first-order chi connectivity index (χ1) is 12.0. The lowest BCUT2D eigenvalue weighted by Gasteiger charge is -2.17. The van der Waals surface area contributed by atoms with Crippen LogP contribution in [0.25, 0.3) is 10.6 Å². The predicted octanol–water partition coefficient (Wildman–Crippen LogP) is 4.91. The van der Waals surface area contributed by atoms with Gasteiger partial charge in [0.25, 0.3) is 0 Å². The highest BCUT2D eigenvalue weighted by Crippen LogP contribution is 2.26. The number of halogens is 2. The maximum absolute atomic E-state index is 13.7. The highest BCUT2D eigenvalue weighted by Gasteiger charge is 2.14. The number of aromatic nitrogens is 1. The third-order valence-corrected chi connectivity index (χ3v) is 5.18. The monoisotopic (exact) mass is 418 g/mol. The Kier molecular flexibility index (Phi) is 5.60. The zero-order valence-electron chi connectivity index (χ0n) is 13.6. The minimum atomic E-state index is -0.298. The van der Waals surface area contributed by atoms with Gasteiger partial charge in [-0.05, 0) is 18.2 Å². The molecular weight excluding hydrogens is 403 g/mol. The molecule has 0 spiro atoms. The van der Waals surface area contributed by atoms with Crippen LogP contribution in [0.2, 0.25) is 0 Å². The summed E-state index contributed by atoms with van der Waals surface area (Å²) in [6, 6.07) is 14.4. The smallest absolute Gasteiger partial charge is 0.228 e. The van der Waals surface area contributed by atoms with Crippen LogP contribution in [0.4, 0.5) is 4.39 Å². The normalized spacial score (nSPS) is 10.7. The van der Waals surface area contributed by atoms with Crippen LogP contribution in [0.1, 0.15) is 11.3 Å². The SMILES string of the molecule is CN(Cc1ccccc1F)C(=O)Cc1csc(-c2cccc(Br)c2)n1. The second-order valence-electron chi connectivity index (χ2n) is 5.67. The van der Waals surface area contributed by atoms with E-state index in [2.05, 4.69) is 20.9 Å². The van der Waals surface area contributed by atoms with Crippen molar-refractivity contribution in [2.24, 2.45) is 0 Å². The van der Waals surface area contributed by atoms with Gasteiger partial charge in [0.2, 0.25) is 5.91 Å². The Bertz CT molecular complexity index is 896. The first-order valence-electron chi connectivity index (χ1n) is 7.70. The molecule has 6 heteroatoms. The number of rotatable bonds is 5. The van der Waals surface area contributed by atoms with Gasteiger partial charge in [-0.1, -0.05) is 46.3 Å². The van der Waals surface area contributed by atoms with Crippen LogP contribution in [0.15, 0.2) is 58.4 Å². The number of carbonyl (C=O) groups is 1. The summed E-state index contributed by atoms with van der Waals surface area (Å²) in [5.41, 5.74) is 2.24. The molecule has 0 fully saturated rings. The highest BCUT2D eigenvalue weighted by atomic mass is 79.9. The molecular formula is C19H16BrFN2OS. The van der Waals surface area contributed by atoms with Crippen molar-refractivity contribution in [2.75, 3.05) is 7.05 Å². The molecule has 0 bridgehead atoms. The van der Waals surface area contributed by atoms with E-state index in [1.165, 1.54) is 22.3 Å². The van der Waals surface area contributed by atoms with Crippen molar-refractivity contribution in [3.05, 3.63) is 75.5 Å². The van der Waals surface area contributed by atoms with Crippen LogP contribution in [0.3, 0.4) is 0 Å². The van der Waals surface area contributed by atoms with Crippen molar-refractivity contribution < 1.29 is 9.18 Å². The number of thiazole rings is 1. The number of hydrogen-bond donors (Lipinski definition) is 0. The van der Waals surface area contributed by atoms with E-state index in [0.717, 1.165) is 20.7 Å². The molecule has 0 saturated heterocycles. The van der Waals surface area contributed by atoms with Gasteiger partial charge >= 0.3 is 0 Å². The Balaban J connectivity index is 1.66. The first kappa shape index (κ1) is 17.8. The van der Waals surface area contributed by atoms with Crippen molar-refractivity contribution in [1.29, 1.82) is 0 Å². The molecule has 0 atom stereocenters. The molecule has 2 aromatic carbocycles. The molecule has 3 rings (SSSR count). The topological polar surface area (TPSA) is 33.2 Å². The summed E-state index contributed by atoms with van der Waals surface area (Å²) in [7, 11) is 1.68. The van der Waals surface area contributed by atoms with Gasteiger partial charge in [-0.15, -0.1) is 11.3 Å². The third-order valence-electron chi connectivity index (χ3n) is 3.75. The average molecular weight is 419 g/mol. The highest BCUT2D eigenvalue weighted by molar-refractivity contribution is 9.10. The molecule has 0 aliphatic heterocycles. The Labute approximate surface area is 158 Å². The molecule has 1 aromatic heterocycles. The van der Waals surface area contributed by atoms with E-state index in [0.29, 0.717) is 5.56 Å². The molecule has 3 aromatic rings. The molecule has 0 radical (unpaired) electrons. The van der Waals surface area contributed by atoms with E-state index in [1.807, 2.05) is 29.6 Å². The minimum absolute atomic E-state index is 0.0886. The summed E-state index contributed by atoms with van der Waals surface area (Å²) < 4.78 is 14.7. The summed E-state index contributed by atoms with van der Waals surface area (Å²) in [5, 5.41) is 2.77. The molecule has 3 nitrogen and oxygen atoms in total. The fourth-order valence-electron chi connectivity index (χ4n) is 2.40. The number of amides is 1. The second kappa shape index (κ2) is 7.89. The second-order valence-corrected chi connectivity index (χ2v) is 7.45. The van der Waals surface area contributed by atoms with Crippen LogP contribution in [-0.2, 0) is 17.8 Å². The Morgan fingerprint density at radius 3 is 2.80 bits per heavy atom. The summed E-state index contributed by atoms with van der Waals surface area (Å²) in [4.78, 5) is 18.5. The predicted molar refractivity (Wildman–Crippen MR) is 102 cm³/mol. The lowest BCUT2D eigenvalue weighted by molar-refractivity contribution is -0.129. The number of nitrogens with zero attached hydrogens (tertiary/aromatic N) is 2. The Morgan fingerprint density at radius 2 is 2.04 bits per heavy atom. The summed E-state index contributed by atoms with van der Waals surface area (Å²) >= 11 is 4.96. The fourth-order valence-corrected chi connectivity index (χ4v) is 3.62. The van der Waals surface area contributed by atoms with E-state index in [9.17, 15) is 9.18 Å². The number of hydrogen-bond acceptors (Lipinski definition) is 3. The summed E-state index contributed by atoms with van der Waals surface area (Å²) in [5.74, 6) is -0.387.